The molecule has 7 nitrogen and oxygen atoms in total. The second-order valence-electron chi connectivity index (χ2n) is 10.4. The van der Waals surface area contributed by atoms with Gasteiger partial charge in [0.2, 0.25) is 17.7 Å². The fourth-order valence-corrected chi connectivity index (χ4v) is 4.99. The van der Waals surface area contributed by atoms with Gasteiger partial charge in [-0.25, -0.2) is 0 Å². The van der Waals surface area contributed by atoms with Gasteiger partial charge >= 0.3 is 0 Å². The molecule has 156 valence electrons. The Morgan fingerprint density at radius 1 is 1.36 bits per heavy atom. The predicted octanol–water partition coefficient (Wildman–Crippen LogP) is 1.12. The third-order valence-corrected chi connectivity index (χ3v) is 6.67. The number of amides is 3. The van der Waals surface area contributed by atoms with Crippen LogP contribution in [-0.2, 0) is 19.2 Å². The first kappa shape index (κ1) is 20.8. The van der Waals surface area contributed by atoms with Gasteiger partial charge < -0.3 is 20.3 Å². The number of nitrogens with one attached hydrogen (secondary N) is 2. The van der Waals surface area contributed by atoms with E-state index in [-0.39, 0.29) is 40.4 Å². The Morgan fingerprint density at radius 2 is 2.04 bits per heavy atom. The van der Waals surface area contributed by atoms with Crippen LogP contribution in [0.3, 0.4) is 0 Å². The van der Waals surface area contributed by atoms with E-state index in [0.717, 1.165) is 0 Å². The summed E-state index contributed by atoms with van der Waals surface area (Å²) >= 11 is 0. The lowest BCUT2D eigenvalue weighted by Gasteiger charge is -2.32. The van der Waals surface area contributed by atoms with E-state index in [0.29, 0.717) is 44.6 Å². The Morgan fingerprint density at radius 3 is 2.57 bits per heavy atom. The normalized spacial score (nSPS) is 31.8. The number of hydrogen-bond acceptors (Lipinski definition) is 4. The van der Waals surface area contributed by atoms with Gasteiger partial charge in [-0.15, -0.1) is 0 Å². The summed E-state index contributed by atoms with van der Waals surface area (Å²) in [7, 11) is 0. The molecule has 2 heterocycles. The molecule has 28 heavy (non-hydrogen) atoms. The molecule has 3 rings (SSSR count). The van der Waals surface area contributed by atoms with Crippen molar-refractivity contribution in [3.8, 4) is 0 Å². The van der Waals surface area contributed by atoms with E-state index in [1.807, 2.05) is 20.8 Å². The van der Waals surface area contributed by atoms with Gasteiger partial charge in [-0.05, 0) is 35.5 Å². The zero-order valence-corrected chi connectivity index (χ0v) is 17.6. The highest BCUT2D eigenvalue weighted by molar-refractivity contribution is 5.91. The SMILES string of the molecule is CC(C)(C)CC(=O)N1C[C@H]2[C@@H]([C@H]1C(=O)N[C@H](C=O)C[C@@H]1CCNC1=O)C2(C)C. The van der Waals surface area contributed by atoms with Crippen molar-refractivity contribution in [2.24, 2.45) is 28.6 Å². The lowest BCUT2D eigenvalue weighted by molar-refractivity contribution is -0.142. The number of carbonyl (C=O) groups excluding carboxylic acids is 4. The monoisotopic (exact) mass is 391 g/mol. The topological polar surface area (TPSA) is 95.6 Å². The Balaban J connectivity index is 1.70. The summed E-state index contributed by atoms with van der Waals surface area (Å²) in [5.41, 5.74) is -0.121. The number of likely N-dealkylation sites (tertiary alicyclic amines) is 1. The van der Waals surface area contributed by atoms with Crippen LogP contribution < -0.4 is 10.6 Å². The molecule has 0 radical (unpaired) electrons. The van der Waals surface area contributed by atoms with Gasteiger partial charge in [0, 0.05) is 25.4 Å². The van der Waals surface area contributed by atoms with Crippen molar-refractivity contribution in [2.45, 2.75) is 66.0 Å². The molecule has 3 amide bonds. The molecule has 3 fully saturated rings. The van der Waals surface area contributed by atoms with Gasteiger partial charge in [0.15, 0.2) is 0 Å². The van der Waals surface area contributed by atoms with Crippen LogP contribution in [0.25, 0.3) is 0 Å². The standard InChI is InChI=1S/C21H33N3O4/c1-20(2,3)9-15(26)24-10-14-16(21(14,4)5)17(24)19(28)23-13(11-25)8-12-6-7-22-18(12)27/h11-14,16-17H,6-10H2,1-5H3,(H,22,27)(H,23,28)/t12-,13-,14-,16-,17-/m0/s1. The van der Waals surface area contributed by atoms with Crippen LogP contribution in [0.15, 0.2) is 0 Å². The Hall–Kier alpha value is -1.92. The lowest BCUT2D eigenvalue weighted by atomic mass is 9.90. The minimum atomic E-state index is -0.707. The summed E-state index contributed by atoms with van der Waals surface area (Å²) in [6, 6.07) is -1.24. The van der Waals surface area contributed by atoms with Gasteiger partial charge in [0.1, 0.15) is 12.3 Å². The van der Waals surface area contributed by atoms with Crippen LogP contribution in [0.2, 0.25) is 0 Å². The fourth-order valence-electron chi connectivity index (χ4n) is 4.99. The molecule has 7 heteroatoms. The first-order valence-corrected chi connectivity index (χ1v) is 10.3. The van der Waals surface area contributed by atoms with Crippen LogP contribution in [0.5, 0.6) is 0 Å². The first-order valence-electron chi connectivity index (χ1n) is 10.3. The van der Waals surface area contributed by atoms with Crippen molar-refractivity contribution in [1.82, 2.24) is 15.5 Å². The molecule has 0 bridgehead atoms. The van der Waals surface area contributed by atoms with Crippen molar-refractivity contribution in [3.63, 3.8) is 0 Å². The second kappa shape index (κ2) is 7.16. The maximum absolute atomic E-state index is 13.1. The predicted molar refractivity (Wildman–Crippen MR) is 104 cm³/mol. The minimum absolute atomic E-state index is 0.00604. The van der Waals surface area contributed by atoms with Gasteiger partial charge in [0.05, 0.1) is 6.04 Å². The van der Waals surface area contributed by atoms with E-state index in [4.69, 9.17) is 0 Å². The van der Waals surface area contributed by atoms with E-state index in [1.165, 1.54) is 0 Å². The molecular weight excluding hydrogens is 358 g/mol. The Bertz CT molecular complexity index is 682. The number of carbonyl (C=O) groups is 4. The number of fused-ring (bicyclic) bond motifs is 1. The molecular formula is C21H33N3O4. The van der Waals surface area contributed by atoms with Crippen LogP contribution in [-0.4, -0.2) is 54.1 Å². The van der Waals surface area contributed by atoms with E-state index < -0.39 is 12.1 Å². The van der Waals surface area contributed by atoms with Crippen LogP contribution in [0.4, 0.5) is 0 Å². The van der Waals surface area contributed by atoms with Crippen LogP contribution in [0, 0.1) is 28.6 Å². The molecule has 0 unspecified atom stereocenters. The molecule has 5 atom stereocenters. The van der Waals surface area contributed by atoms with Gasteiger partial charge in [0.25, 0.3) is 0 Å². The Labute approximate surface area is 167 Å². The molecule has 1 aliphatic carbocycles. The minimum Gasteiger partial charge on any atom is -0.356 e. The molecule has 2 aliphatic heterocycles. The van der Waals surface area contributed by atoms with E-state index in [1.54, 1.807) is 4.90 Å². The van der Waals surface area contributed by atoms with Crippen molar-refractivity contribution in [3.05, 3.63) is 0 Å². The van der Waals surface area contributed by atoms with E-state index in [2.05, 4.69) is 24.5 Å². The highest BCUT2D eigenvalue weighted by Crippen LogP contribution is 2.65. The average Bonchev–Trinajstić information content (AvgIpc) is 2.97. The Kier molecular flexibility index (Phi) is 5.32. The molecule has 0 aromatic heterocycles. The third-order valence-electron chi connectivity index (χ3n) is 6.67. The van der Waals surface area contributed by atoms with Crippen molar-refractivity contribution >= 4 is 24.0 Å². The second-order valence-corrected chi connectivity index (χ2v) is 10.4. The van der Waals surface area contributed by atoms with Crippen molar-refractivity contribution in [1.29, 1.82) is 0 Å². The quantitative estimate of drug-likeness (QED) is 0.663. The van der Waals surface area contributed by atoms with Crippen LogP contribution in [0.1, 0.15) is 53.9 Å². The highest BCUT2D eigenvalue weighted by Gasteiger charge is 2.69. The number of nitrogens with zero attached hydrogens (tertiary/aromatic N) is 1. The fraction of sp³-hybridized carbons (Fsp3) is 0.810. The molecule has 0 spiro atoms. The third kappa shape index (κ3) is 3.94. The van der Waals surface area contributed by atoms with E-state index in [9.17, 15) is 19.2 Å². The number of rotatable bonds is 6. The lowest BCUT2D eigenvalue weighted by Crippen LogP contribution is -2.53. The summed E-state index contributed by atoms with van der Waals surface area (Å²) < 4.78 is 0. The first-order chi connectivity index (χ1) is 13.0. The summed E-state index contributed by atoms with van der Waals surface area (Å²) in [5.74, 6) is -0.138. The van der Waals surface area contributed by atoms with Crippen molar-refractivity contribution in [2.75, 3.05) is 13.1 Å². The number of aldehydes is 1. The zero-order chi connectivity index (χ0) is 20.9. The van der Waals surface area contributed by atoms with Gasteiger partial charge in [-0.2, -0.15) is 0 Å². The molecule has 0 aromatic carbocycles. The highest BCUT2D eigenvalue weighted by atomic mass is 16.2. The number of piperidine rings is 1. The average molecular weight is 392 g/mol. The summed E-state index contributed by atoms with van der Waals surface area (Å²) in [4.78, 5) is 51.0. The van der Waals surface area contributed by atoms with Gasteiger partial charge in [-0.1, -0.05) is 34.6 Å². The maximum Gasteiger partial charge on any atom is 0.243 e. The smallest absolute Gasteiger partial charge is 0.243 e. The molecule has 1 saturated carbocycles. The zero-order valence-electron chi connectivity index (χ0n) is 17.6. The molecule has 0 aromatic rings. The number of hydrogen-bond donors (Lipinski definition) is 2. The molecule has 2 saturated heterocycles. The van der Waals surface area contributed by atoms with Crippen molar-refractivity contribution < 1.29 is 19.2 Å². The van der Waals surface area contributed by atoms with Gasteiger partial charge in [-0.3, -0.25) is 14.4 Å². The maximum atomic E-state index is 13.1. The molecule has 2 N–H and O–H groups in total. The summed E-state index contributed by atoms with van der Waals surface area (Å²) in [6.07, 6.45) is 2.07. The largest absolute Gasteiger partial charge is 0.356 e. The van der Waals surface area contributed by atoms with Crippen LogP contribution >= 0.6 is 0 Å². The van der Waals surface area contributed by atoms with E-state index >= 15 is 0 Å². The summed E-state index contributed by atoms with van der Waals surface area (Å²) in [5, 5.41) is 5.57. The summed E-state index contributed by atoms with van der Waals surface area (Å²) in [6.45, 7) is 11.5. The molecule has 3 aliphatic rings.